The molecule has 2 heterocycles. The summed E-state index contributed by atoms with van der Waals surface area (Å²) in [5.74, 6) is 0. The van der Waals surface area contributed by atoms with Gasteiger partial charge in [0.25, 0.3) is 0 Å². The van der Waals surface area contributed by atoms with Crippen LogP contribution in [-0.4, -0.2) is 26.7 Å². The molecule has 2 aromatic rings. The van der Waals surface area contributed by atoms with Crippen LogP contribution < -0.4 is 11.0 Å². The molecular formula is C9H9BN2O3. The fraction of sp³-hybridized carbons (Fsp3) is 0.111. The maximum atomic E-state index is 11.4. The van der Waals surface area contributed by atoms with Crippen LogP contribution in [0.1, 0.15) is 0 Å². The molecule has 6 heteroatoms. The molecule has 0 aliphatic rings. The number of fused-ring (bicyclic) bond motifs is 1. The summed E-state index contributed by atoms with van der Waals surface area (Å²) in [6, 6.07) is 4.41. The van der Waals surface area contributed by atoms with Crippen molar-refractivity contribution in [1.29, 1.82) is 0 Å². The SMILES string of the molecule is Cn1ccc(=O)c2ccc(B(O)O)nc21. The fourth-order valence-electron chi connectivity index (χ4n) is 1.41. The third-order valence-corrected chi connectivity index (χ3v) is 2.21. The van der Waals surface area contributed by atoms with E-state index in [9.17, 15) is 4.79 Å². The molecular weight excluding hydrogens is 195 g/mol. The van der Waals surface area contributed by atoms with Gasteiger partial charge in [-0.05, 0) is 12.1 Å². The summed E-state index contributed by atoms with van der Waals surface area (Å²) in [6.07, 6.45) is 1.59. The van der Waals surface area contributed by atoms with Gasteiger partial charge in [-0.3, -0.25) is 4.79 Å². The molecule has 2 rings (SSSR count). The number of aromatic nitrogens is 2. The van der Waals surface area contributed by atoms with Crippen LogP contribution in [0, 0.1) is 0 Å². The normalized spacial score (nSPS) is 10.6. The fourth-order valence-corrected chi connectivity index (χ4v) is 1.41. The second-order valence-corrected chi connectivity index (χ2v) is 3.27. The van der Waals surface area contributed by atoms with Crippen LogP contribution in [0.4, 0.5) is 0 Å². The number of pyridine rings is 2. The lowest BCUT2D eigenvalue weighted by atomic mass is 9.85. The Morgan fingerprint density at radius 2 is 2.07 bits per heavy atom. The molecule has 0 saturated heterocycles. The zero-order chi connectivity index (χ0) is 11.0. The molecule has 0 aliphatic carbocycles. The Balaban J connectivity index is 2.81. The Labute approximate surface area is 85.8 Å². The monoisotopic (exact) mass is 204 g/mol. The topological polar surface area (TPSA) is 75.4 Å². The zero-order valence-electron chi connectivity index (χ0n) is 8.08. The van der Waals surface area contributed by atoms with Crippen molar-refractivity contribution in [2.24, 2.45) is 7.05 Å². The molecule has 2 N–H and O–H groups in total. The summed E-state index contributed by atoms with van der Waals surface area (Å²) in [7, 11) is 0.118. The molecule has 0 saturated carbocycles. The van der Waals surface area contributed by atoms with E-state index in [1.54, 1.807) is 23.9 Å². The van der Waals surface area contributed by atoms with E-state index in [0.717, 1.165) is 0 Å². The average Bonchev–Trinajstić information content (AvgIpc) is 2.23. The number of aryl methyl sites for hydroxylation is 1. The lowest BCUT2D eigenvalue weighted by Crippen LogP contribution is -2.33. The number of rotatable bonds is 1. The van der Waals surface area contributed by atoms with Crippen molar-refractivity contribution < 1.29 is 10.0 Å². The predicted molar refractivity (Wildman–Crippen MR) is 56.8 cm³/mol. The Kier molecular flexibility index (Phi) is 2.30. The molecule has 0 amide bonds. The van der Waals surface area contributed by atoms with Gasteiger partial charge in [0, 0.05) is 19.3 Å². The summed E-state index contributed by atoms with van der Waals surface area (Å²) in [6.45, 7) is 0. The van der Waals surface area contributed by atoms with Gasteiger partial charge in [-0.1, -0.05) is 0 Å². The highest BCUT2D eigenvalue weighted by Gasteiger charge is 2.14. The number of hydrogen-bond acceptors (Lipinski definition) is 4. The molecule has 0 atom stereocenters. The van der Waals surface area contributed by atoms with E-state index < -0.39 is 7.12 Å². The lowest BCUT2D eigenvalue weighted by molar-refractivity contribution is 0.424. The summed E-state index contributed by atoms with van der Waals surface area (Å²) < 4.78 is 1.66. The molecule has 0 aliphatic heterocycles. The summed E-state index contributed by atoms with van der Waals surface area (Å²) in [5, 5.41) is 18.4. The minimum Gasteiger partial charge on any atom is -0.422 e. The van der Waals surface area contributed by atoms with E-state index in [2.05, 4.69) is 4.98 Å². The van der Waals surface area contributed by atoms with Gasteiger partial charge in [0.1, 0.15) is 5.65 Å². The molecule has 0 bridgehead atoms. The van der Waals surface area contributed by atoms with Crippen LogP contribution in [0.5, 0.6) is 0 Å². The molecule has 76 valence electrons. The van der Waals surface area contributed by atoms with E-state index in [0.29, 0.717) is 11.0 Å². The average molecular weight is 204 g/mol. The summed E-state index contributed by atoms with van der Waals surface area (Å²) in [5.41, 5.74) is 0.436. The number of hydrogen-bond donors (Lipinski definition) is 2. The van der Waals surface area contributed by atoms with Crippen molar-refractivity contribution in [3.63, 3.8) is 0 Å². The van der Waals surface area contributed by atoms with Crippen LogP contribution in [0.15, 0.2) is 29.2 Å². The predicted octanol–water partition coefficient (Wildman–Crippen LogP) is -1.39. The third kappa shape index (κ3) is 1.64. The molecule has 15 heavy (non-hydrogen) atoms. The van der Waals surface area contributed by atoms with E-state index in [1.165, 1.54) is 12.1 Å². The van der Waals surface area contributed by atoms with E-state index in [-0.39, 0.29) is 11.0 Å². The minimum atomic E-state index is -1.62. The lowest BCUT2D eigenvalue weighted by Gasteiger charge is -2.05. The van der Waals surface area contributed by atoms with Crippen molar-refractivity contribution >= 4 is 23.7 Å². The largest absolute Gasteiger partial charge is 0.508 e. The quantitative estimate of drug-likeness (QED) is 0.561. The molecule has 0 radical (unpaired) electrons. The summed E-state index contributed by atoms with van der Waals surface area (Å²) >= 11 is 0. The molecule has 2 aromatic heterocycles. The Morgan fingerprint density at radius 3 is 2.73 bits per heavy atom. The highest BCUT2D eigenvalue weighted by molar-refractivity contribution is 6.57. The van der Waals surface area contributed by atoms with Gasteiger partial charge < -0.3 is 14.6 Å². The van der Waals surface area contributed by atoms with Crippen LogP contribution >= 0.6 is 0 Å². The van der Waals surface area contributed by atoms with Gasteiger partial charge in [0.15, 0.2) is 5.43 Å². The molecule has 5 nitrogen and oxygen atoms in total. The van der Waals surface area contributed by atoms with Crippen LogP contribution in [0.2, 0.25) is 0 Å². The van der Waals surface area contributed by atoms with E-state index in [1.807, 2.05) is 0 Å². The standard InChI is InChI=1S/C9H9BN2O3/c1-12-5-4-7(13)6-2-3-8(10(14)15)11-9(6)12/h2-5,14-15H,1H3. The zero-order valence-corrected chi connectivity index (χ0v) is 8.08. The minimum absolute atomic E-state index is 0.128. The first-order valence-corrected chi connectivity index (χ1v) is 4.42. The smallest absolute Gasteiger partial charge is 0.422 e. The highest BCUT2D eigenvalue weighted by Crippen LogP contribution is 2.02. The van der Waals surface area contributed by atoms with Crippen molar-refractivity contribution in [2.45, 2.75) is 0 Å². The van der Waals surface area contributed by atoms with Gasteiger partial charge in [0.2, 0.25) is 0 Å². The maximum absolute atomic E-state index is 11.4. The van der Waals surface area contributed by atoms with Gasteiger partial charge in [0.05, 0.1) is 11.0 Å². The molecule has 0 aromatic carbocycles. The first-order valence-electron chi connectivity index (χ1n) is 4.42. The Bertz CT molecular complexity index is 565. The van der Waals surface area contributed by atoms with Crippen molar-refractivity contribution in [1.82, 2.24) is 9.55 Å². The number of nitrogens with zero attached hydrogens (tertiary/aromatic N) is 2. The third-order valence-electron chi connectivity index (χ3n) is 2.21. The Hall–Kier alpha value is -1.66. The van der Waals surface area contributed by atoms with Crippen molar-refractivity contribution in [3.8, 4) is 0 Å². The summed E-state index contributed by atoms with van der Waals surface area (Å²) in [4.78, 5) is 15.4. The van der Waals surface area contributed by atoms with Crippen molar-refractivity contribution in [3.05, 3.63) is 34.6 Å². The van der Waals surface area contributed by atoms with E-state index in [4.69, 9.17) is 10.0 Å². The Morgan fingerprint density at radius 1 is 1.33 bits per heavy atom. The second kappa shape index (κ2) is 3.49. The van der Waals surface area contributed by atoms with Crippen molar-refractivity contribution in [2.75, 3.05) is 0 Å². The van der Waals surface area contributed by atoms with Crippen LogP contribution in [0.3, 0.4) is 0 Å². The van der Waals surface area contributed by atoms with Gasteiger partial charge in [-0.2, -0.15) is 0 Å². The highest BCUT2D eigenvalue weighted by atomic mass is 16.4. The molecule has 0 fully saturated rings. The van der Waals surface area contributed by atoms with Crippen LogP contribution in [0.25, 0.3) is 11.0 Å². The van der Waals surface area contributed by atoms with E-state index >= 15 is 0 Å². The van der Waals surface area contributed by atoms with Gasteiger partial charge >= 0.3 is 7.12 Å². The second-order valence-electron chi connectivity index (χ2n) is 3.27. The first kappa shape index (κ1) is 9.88. The van der Waals surface area contributed by atoms with Gasteiger partial charge in [-0.15, -0.1) is 0 Å². The molecule has 0 unspecified atom stereocenters. The van der Waals surface area contributed by atoms with Crippen LogP contribution in [-0.2, 0) is 7.05 Å². The molecule has 0 spiro atoms. The maximum Gasteiger partial charge on any atom is 0.508 e. The first-order chi connectivity index (χ1) is 7.09. The van der Waals surface area contributed by atoms with Gasteiger partial charge in [-0.25, -0.2) is 4.98 Å².